The van der Waals surface area contributed by atoms with E-state index < -0.39 is 0 Å². The number of aromatic nitrogens is 4. The quantitative estimate of drug-likeness (QED) is 0.798. The molecule has 0 aliphatic rings. The molecule has 0 saturated carbocycles. The van der Waals surface area contributed by atoms with Gasteiger partial charge < -0.3 is 5.32 Å². The lowest BCUT2D eigenvalue weighted by molar-refractivity contribution is 0.675. The molecule has 5 heteroatoms. The van der Waals surface area contributed by atoms with Crippen LogP contribution < -0.4 is 5.32 Å². The van der Waals surface area contributed by atoms with E-state index in [0.717, 1.165) is 34.9 Å². The van der Waals surface area contributed by atoms with Crippen molar-refractivity contribution in [2.75, 3.05) is 5.32 Å². The second kappa shape index (κ2) is 5.75. The van der Waals surface area contributed by atoms with E-state index in [2.05, 4.69) is 58.5 Å². The number of rotatable bonds is 4. The number of hydrogen-bond acceptors (Lipinski definition) is 4. The van der Waals surface area contributed by atoms with Crippen LogP contribution in [0.5, 0.6) is 0 Å². The Labute approximate surface area is 130 Å². The molecule has 0 aliphatic carbocycles. The van der Waals surface area contributed by atoms with Gasteiger partial charge in [0, 0.05) is 6.54 Å². The summed E-state index contributed by atoms with van der Waals surface area (Å²) < 4.78 is 1.96. The highest BCUT2D eigenvalue weighted by Gasteiger charge is 2.16. The van der Waals surface area contributed by atoms with Gasteiger partial charge in [-0.2, -0.15) is 5.10 Å². The highest BCUT2D eigenvalue weighted by molar-refractivity contribution is 5.87. The second-order valence-electron chi connectivity index (χ2n) is 5.49. The first kappa shape index (κ1) is 14.5. The summed E-state index contributed by atoms with van der Waals surface area (Å²) in [5, 5.41) is 8.08. The van der Waals surface area contributed by atoms with E-state index in [9.17, 15) is 0 Å². The maximum atomic E-state index is 4.61. The lowest BCUT2D eigenvalue weighted by Crippen LogP contribution is -2.11. The Hall–Kier alpha value is -2.43. The zero-order valence-electron chi connectivity index (χ0n) is 13.5. The van der Waals surface area contributed by atoms with Crippen molar-refractivity contribution in [2.45, 2.75) is 40.3 Å². The van der Waals surface area contributed by atoms with E-state index in [1.54, 1.807) is 0 Å². The third kappa shape index (κ3) is 2.54. The number of hydrogen-bond donors (Lipinski definition) is 1. The van der Waals surface area contributed by atoms with Crippen LogP contribution in [-0.2, 0) is 6.54 Å². The topological polar surface area (TPSA) is 55.6 Å². The largest absolute Gasteiger partial charge is 0.362 e. The van der Waals surface area contributed by atoms with Crippen LogP contribution in [0, 0.1) is 13.8 Å². The molecule has 0 spiro atoms. The molecule has 1 atom stereocenters. The average molecular weight is 295 g/mol. The number of nitrogens with zero attached hydrogens (tertiary/aromatic N) is 4. The van der Waals surface area contributed by atoms with Crippen molar-refractivity contribution >= 4 is 16.9 Å². The number of benzene rings is 1. The van der Waals surface area contributed by atoms with Gasteiger partial charge in [-0.15, -0.1) is 0 Å². The van der Waals surface area contributed by atoms with Crippen LogP contribution in [0.1, 0.15) is 37.0 Å². The lowest BCUT2D eigenvalue weighted by Gasteiger charge is -2.16. The third-order valence-corrected chi connectivity index (χ3v) is 3.82. The first-order chi connectivity index (χ1) is 10.6. The minimum atomic E-state index is 0.166. The molecule has 0 aliphatic heterocycles. The summed E-state index contributed by atoms with van der Waals surface area (Å²) in [6.07, 6.45) is 0. The van der Waals surface area contributed by atoms with Crippen molar-refractivity contribution in [3.8, 4) is 0 Å². The minimum Gasteiger partial charge on any atom is -0.362 e. The van der Waals surface area contributed by atoms with Crippen LogP contribution in [0.4, 0.5) is 5.82 Å². The van der Waals surface area contributed by atoms with Crippen LogP contribution >= 0.6 is 0 Å². The predicted octanol–water partition coefficient (Wildman–Crippen LogP) is 3.64. The molecular weight excluding hydrogens is 274 g/mol. The zero-order chi connectivity index (χ0) is 15.7. The van der Waals surface area contributed by atoms with Gasteiger partial charge in [0.25, 0.3) is 0 Å². The van der Waals surface area contributed by atoms with Gasteiger partial charge in [0.2, 0.25) is 0 Å². The Balaban J connectivity index is 2.06. The maximum Gasteiger partial charge on any atom is 0.156 e. The fourth-order valence-electron chi connectivity index (χ4n) is 2.70. The highest BCUT2D eigenvalue weighted by Crippen LogP contribution is 2.26. The summed E-state index contributed by atoms with van der Waals surface area (Å²) in [6, 6.07) is 10.5. The van der Waals surface area contributed by atoms with E-state index in [1.807, 2.05) is 24.6 Å². The number of nitrogens with one attached hydrogen (secondary N) is 1. The zero-order valence-corrected chi connectivity index (χ0v) is 13.5. The van der Waals surface area contributed by atoms with Crippen molar-refractivity contribution < 1.29 is 0 Å². The lowest BCUT2D eigenvalue weighted by atomic mass is 10.1. The second-order valence-corrected chi connectivity index (χ2v) is 5.49. The molecule has 2 heterocycles. The van der Waals surface area contributed by atoms with Gasteiger partial charge in [0.05, 0.1) is 11.7 Å². The van der Waals surface area contributed by atoms with Crippen LogP contribution in [0.15, 0.2) is 30.3 Å². The SMILES string of the molecule is CCn1nc(C)c2nc(C)nc(N[C@H](C)c3ccccc3)c21. The summed E-state index contributed by atoms with van der Waals surface area (Å²) >= 11 is 0. The van der Waals surface area contributed by atoms with E-state index in [0.29, 0.717) is 0 Å². The number of aryl methyl sites for hydroxylation is 3. The van der Waals surface area contributed by atoms with Crippen molar-refractivity contribution in [3.05, 3.63) is 47.4 Å². The molecule has 0 saturated heterocycles. The summed E-state index contributed by atoms with van der Waals surface area (Å²) in [4.78, 5) is 9.16. The Morgan fingerprint density at radius 3 is 2.55 bits per heavy atom. The van der Waals surface area contributed by atoms with Crippen LogP contribution in [-0.4, -0.2) is 19.7 Å². The molecular formula is C17H21N5. The summed E-state index contributed by atoms with van der Waals surface area (Å²) in [5.41, 5.74) is 4.08. The van der Waals surface area contributed by atoms with Crippen molar-refractivity contribution in [3.63, 3.8) is 0 Å². The smallest absolute Gasteiger partial charge is 0.156 e. The molecule has 3 rings (SSSR count). The van der Waals surface area contributed by atoms with Gasteiger partial charge in [0.15, 0.2) is 5.82 Å². The van der Waals surface area contributed by atoms with Gasteiger partial charge in [-0.3, -0.25) is 4.68 Å². The summed E-state index contributed by atoms with van der Waals surface area (Å²) in [5.74, 6) is 1.61. The maximum absolute atomic E-state index is 4.61. The van der Waals surface area contributed by atoms with Crippen molar-refractivity contribution in [2.24, 2.45) is 0 Å². The first-order valence-corrected chi connectivity index (χ1v) is 7.63. The third-order valence-electron chi connectivity index (χ3n) is 3.82. The molecule has 0 fully saturated rings. The summed E-state index contributed by atoms with van der Waals surface area (Å²) in [6.45, 7) is 8.92. The highest BCUT2D eigenvalue weighted by atomic mass is 15.3. The molecule has 0 radical (unpaired) electrons. The van der Waals surface area contributed by atoms with Crippen LogP contribution in [0.3, 0.4) is 0 Å². The first-order valence-electron chi connectivity index (χ1n) is 7.63. The fraction of sp³-hybridized carbons (Fsp3) is 0.353. The Morgan fingerprint density at radius 2 is 1.86 bits per heavy atom. The molecule has 5 nitrogen and oxygen atoms in total. The van der Waals surface area contributed by atoms with Crippen LogP contribution in [0.2, 0.25) is 0 Å². The van der Waals surface area contributed by atoms with Gasteiger partial charge >= 0.3 is 0 Å². The van der Waals surface area contributed by atoms with Gasteiger partial charge in [0.1, 0.15) is 16.9 Å². The molecule has 114 valence electrons. The number of anilines is 1. The van der Waals surface area contributed by atoms with Crippen LogP contribution in [0.25, 0.3) is 11.0 Å². The van der Waals surface area contributed by atoms with Gasteiger partial charge in [-0.1, -0.05) is 30.3 Å². The molecule has 2 aromatic heterocycles. The fourth-order valence-corrected chi connectivity index (χ4v) is 2.70. The van der Waals surface area contributed by atoms with Gasteiger partial charge in [-0.05, 0) is 33.3 Å². The molecule has 0 unspecified atom stereocenters. The Kier molecular flexibility index (Phi) is 3.79. The molecule has 1 aromatic carbocycles. The van der Waals surface area contributed by atoms with Crippen molar-refractivity contribution in [1.29, 1.82) is 0 Å². The van der Waals surface area contributed by atoms with E-state index in [4.69, 9.17) is 0 Å². The average Bonchev–Trinajstić information content (AvgIpc) is 2.84. The molecule has 3 aromatic rings. The van der Waals surface area contributed by atoms with Crippen molar-refractivity contribution in [1.82, 2.24) is 19.7 Å². The molecule has 0 bridgehead atoms. The Morgan fingerprint density at radius 1 is 1.14 bits per heavy atom. The minimum absolute atomic E-state index is 0.166. The Bertz CT molecular complexity index is 792. The normalized spacial score (nSPS) is 12.5. The molecule has 1 N–H and O–H groups in total. The summed E-state index contributed by atoms with van der Waals surface area (Å²) in [7, 11) is 0. The predicted molar refractivity (Wildman–Crippen MR) is 89.0 cm³/mol. The monoisotopic (exact) mass is 295 g/mol. The van der Waals surface area contributed by atoms with E-state index in [-0.39, 0.29) is 6.04 Å². The number of fused-ring (bicyclic) bond motifs is 1. The van der Waals surface area contributed by atoms with Gasteiger partial charge in [-0.25, -0.2) is 9.97 Å². The van der Waals surface area contributed by atoms with E-state index in [1.165, 1.54) is 5.56 Å². The standard InChI is InChI=1S/C17H21N5/c1-5-22-16-15(12(3)21-22)19-13(4)20-17(16)18-11(2)14-9-7-6-8-10-14/h6-11H,5H2,1-4H3,(H,18,19,20)/t11-/m1/s1. The molecule has 22 heavy (non-hydrogen) atoms. The molecule has 0 amide bonds. The van der Waals surface area contributed by atoms with E-state index >= 15 is 0 Å².